The van der Waals surface area contributed by atoms with Gasteiger partial charge in [-0.15, -0.1) is 0 Å². The van der Waals surface area contributed by atoms with Crippen molar-refractivity contribution in [2.24, 2.45) is 0 Å². The Morgan fingerprint density at radius 3 is 1.21 bits per heavy atom. The van der Waals surface area contributed by atoms with Crippen molar-refractivity contribution in [3.05, 3.63) is 206 Å². The van der Waals surface area contributed by atoms with Gasteiger partial charge in [-0.05, 0) is 83.7 Å². The van der Waals surface area contributed by atoms with Crippen LogP contribution >= 0.6 is 0 Å². The van der Waals surface area contributed by atoms with Gasteiger partial charge in [-0.25, -0.2) is 0 Å². The number of hydrogen-bond donors (Lipinski definition) is 0. The predicted molar refractivity (Wildman–Crippen MR) is 244 cm³/mol. The molecule has 1 aliphatic heterocycles. The molecule has 8 aromatic carbocycles. The largest absolute Gasteiger partial charge is 0.471 e. The molecule has 0 amide bonds. The van der Waals surface area contributed by atoms with Crippen LogP contribution in [-0.4, -0.2) is 18.0 Å². The molecular weight excluding hydrogens is 706 g/mol. The van der Waals surface area contributed by atoms with E-state index >= 15 is 0 Å². The first-order valence-electron chi connectivity index (χ1n) is 19.9. The molecule has 0 aliphatic carbocycles. The SMILES string of the molecule is c1ccc(N(c2ccccc2)c2ccc(B3c4oc5ccccc5c4B(c4ccc(-n5c6ccccc6c6ccccc65)cc4)c4oc5ccccc5c43)cc2)cc1. The van der Waals surface area contributed by atoms with E-state index in [0.29, 0.717) is 0 Å². The van der Waals surface area contributed by atoms with Gasteiger partial charge in [0.15, 0.2) is 0 Å². The van der Waals surface area contributed by atoms with Crippen LogP contribution in [0, 0.1) is 0 Å². The molecule has 12 rings (SSSR count). The summed E-state index contributed by atoms with van der Waals surface area (Å²) in [6.45, 7) is -0.347. The number of para-hydroxylation sites is 6. The summed E-state index contributed by atoms with van der Waals surface area (Å²) < 4.78 is 16.4. The summed E-state index contributed by atoms with van der Waals surface area (Å²) in [5, 5.41) is 4.73. The second-order valence-electron chi connectivity index (χ2n) is 15.2. The molecular formula is C52H34B2N2O2. The fourth-order valence-corrected chi connectivity index (χ4v) is 9.53. The maximum absolute atomic E-state index is 7.02. The van der Waals surface area contributed by atoms with Crippen molar-refractivity contribution >= 4 is 107 Å². The van der Waals surface area contributed by atoms with Gasteiger partial charge in [0.05, 0.1) is 22.4 Å². The Balaban J connectivity index is 1.03. The normalized spacial score (nSPS) is 12.4. The van der Waals surface area contributed by atoms with Crippen molar-refractivity contribution in [3.8, 4) is 5.69 Å². The molecule has 0 unspecified atom stereocenters. The van der Waals surface area contributed by atoms with Crippen LogP contribution in [0.3, 0.4) is 0 Å². The van der Waals surface area contributed by atoms with Crippen molar-refractivity contribution < 1.29 is 8.83 Å². The van der Waals surface area contributed by atoms with Gasteiger partial charge in [0, 0.05) is 44.3 Å². The molecule has 270 valence electrons. The van der Waals surface area contributed by atoms with Crippen LogP contribution < -0.4 is 38.1 Å². The van der Waals surface area contributed by atoms with Gasteiger partial charge in [-0.1, -0.05) is 144 Å². The summed E-state index contributed by atoms with van der Waals surface area (Å²) >= 11 is 0. The fraction of sp³-hybridized carbons (Fsp3) is 0. The van der Waals surface area contributed by atoms with Crippen LogP contribution in [0.1, 0.15) is 0 Å². The summed E-state index contributed by atoms with van der Waals surface area (Å²) in [6, 6.07) is 73.4. The van der Waals surface area contributed by atoms with E-state index in [0.717, 1.165) is 77.9 Å². The molecule has 0 saturated heterocycles. The summed E-state index contributed by atoms with van der Waals surface area (Å²) in [6.07, 6.45) is 0. The topological polar surface area (TPSA) is 34.5 Å². The molecule has 0 radical (unpaired) electrons. The number of fused-ring (bicyclic) bond motifs is 9. The highest BCUT2D eigenvalue weighted by Crippen LogP contribution is 2.34. The van der Waals surface area contributed by atoms with E-state index < -0.39 is 0 Å². The second-order valence-corrected chi connectivity index (χ2v) is 15.2. The predicted octanol–water partition coefficient (Wildman–Crippen LogP) is 9.09. The van der Waals surface area contributed by atoms with E-state index in [1.54, 1.807) is 0 Å². The number of benzene rings is 8. The van der Waals surface area contributed by atoms with Gasteiger partial charge in [0.25, 0.3) is 13.4 Å². The standard InChI is InChI=1S/C52H34B2N2O2/c1-3-15-37(16-4-1)55(38-17-5-2-6-18-38)39-31-27-35(28-32-39)53-49-43-21-9-13-25-47(43)58-52(49)54(50-44-22-10-14-26-48(44)57-51(50)53)36-29-33-40(34-30-36)56-45-23-11-7-19-41(45)42-20-8-12-24-46(42)56/h1-34H. The zero-order chi connectivity index (χ0) is 38.2. The molecule has 58 heavy (non-hydrogen) atoms. The first-order chi connectivity index (χ1) is 28.8. The maximum atomic E-state index is 7.02. The zero-order valence-corrected chi connectivity index (χ0v) is 31.5. The van der Waals surface area contributed by atoms with Crippen LogP contribution in [0.2, 0.25) is 0 Å². The van der Waals surface area contributed by atoms with Gasteiger partial charge >= 0.3 is 0 Å². The lowest BCUT2D eigenvalue weighted by atomic mass is 9.24. The third-order valence-electron chi connectivity index (χ3n) is 12.0. The summed E-state index contributed by atoms with van der Waals surface area (Å²) in [4.78, 5) is 2.30. The Labute approximate surface area is 336 Å². The number of furan rings is 2. The lowest BCUT2D eigenvalue weighted by molar-refractivity contribution is 0.647. The zero-order valence-electron chi connectivity index (χ0n) is 31.5. The molecule has 0 fully saturated rings. The van der Waals surface area contributed by atoms with Crippen molar-refractivity contribution in [2.75, 3.05) is 4.90 Å². The monoisotopic (exact) mass is 740 g/mol. The first kappa shape index (κ1) is 32.8. The molecule has 0 bridgehead atoms. The third kappa shape index (κ3) is 4.98. The van der Waals surface area contributed by atoms with E-state index in [1.165, 1.54) is 21.8 Å². The average molecular weight is 740 g/mol. The van der Waals surface area contributed by atoms with Gasteiger partial charge in [-0.3, -0.25) is 0 Å². The maximum Gasteiger partial charge on any atom is 0.290 e. The van der Waals surface area contributed by atoms with Crippen LogP contribution in [0.4, 0.5) is 17.1 Å². The Morgan fingerprint density at radius 2 is 0.724 bits per heavy atom. The molecule has 0 atom stereocenters. The van der Waals surface area contributed by atoms with Crippen LogP contribution in [0.5, 0.6) is 0 Å². The molecule has 0 spiro atoms. The van der Waals surface area contributed by atoms with Gasteiger partial charge in [-0.2, -0.15) is 0 Å². The third-order valence-corrected chi connectivity index (χ3v) is 12.0. The first-order valence-corrected chi connectivity index (χ1v) is 19.9. The minimum Gasteiger partial charge on any atom is -0.471 e. The van der Waals surface area contributed by atoms with Crippen LogP contribution in [0.15, 0.2) is 215 Å². The number of aromatic nitrogens is 1. The Hall–Kier alpha value is -7.43. The number of hydrogen-bond acceptors (Lipinski definition) is 3. The van der Waals surface area contributed by atoms with Crippen molar-refractivity contribution in [2.45, 2.75) is 0 Å². The fourth-order valence-electron chi connectivity index (χ4n) is 9.53. The summed E-state index contributed by atoms with van der Waals surface area (Å²) in [5.74, 6) is 0. The second kappa shape index (κ2) is 13.1. The van der Waals surface area contributed by atoms with E-state index in [4.69, 9.17) is 8.83 Å². The van der Waals surface area contributed by atoms with Gasteiger partial charge in [0.1, 0.15) is 11.2 Å². The molecule has 4 heterocycles. The molecule has 4 nitrogen and oxygen atoms in total. The molecule has 11 aromatic rings. The smallest absolute Gasteiger partial charge is 0.290 e. The van der Waals surface area contributed by atoms with Crippen LogP contribution in [0.25, 0.3) is 49.4 Å². The van der Waals surface area contributed by atoms with Gasteiger partial charge in [0.2, 0.25) is 0 Å². The van der Waals surface area contributed by atoms with Crippen molar-refractivity contribution in [1.82, 2.24) is 4.57 Å². The van der Waals surface area contributed by atoms with E-state index in [2.05, 4.69) is 216 Å². The molecule has 0 N–H and O–H groups in total. The van der Waals surface area contributed by atoms with Crippen LogP contribution in [-0.2, 0) is 0 Å². The van der Waals surface area contributed by atoms with Crippen molar-refractivity contribution in [1.29, 1.82) is 0 Å². The van der Waals surface area contributed by atoms with E-state index in [1.807, 2.05) is 0 Å². The number of rotatable bonds is 6. The summed E-state index contributed by atoms with van der Waals surface area (Å²) in [5.41, 5.74) is 15.1. The quantitative estimate of drug-likeness (QED) is 0.160. The highest BCUT2D eigenvalue weighted by atomic mass is 16.3. The molecule has 3 aromatic heterocycles. The number of anilines is 3. The molecule has 6 heteroatoms. The highest BCUT2D eigenvalue weighted by Gasteiger charge is 2.46. The Kier molecular flexibility index (Phi) is 7.39. The molecule has 0 saturated carbocycles. The van der Waals surface area contributed by atoms with E-state index in [-0.39, 0.29) is 13.4 Å². The minimum absolute atomic E-state index is 0.171. The highest BCUT2D eigenvalue weighted by molar-refractivity contribution is 7.12. The Morgan fingerprint density at radius 1 is 0.345 bits per heavy atom. The lowest BCUT2D eigenvalue weighted by Gasteiger charge is -2.27. The van der Waals surface area contributed by atoms with E-state index in [9.17, 15) is 0 Å². The minimum atomic E-state index is -0.176. The lowest BCUT2D eigenvalue weighted by Crippen LogP contribution is -2.73. The van der Waals surface area contributed by atoms with Gasteiger partial charge < -0.3 is 18.3 Å². The molecule has 1 aliphatic rings. The Bertz CT molecular complexity index is 3200. The van der Waals surface area contributed by atoms with Crippen molar-refractivity contribution in [3.63, 3.8) is 0 Å². The number of nitrogens with zero attached hydrogens (tertiary/aromatic N) is 2. The summed E-state index contributed by atoms with van der Waals surface area (Å²) in [7, 11) is 0. The average Bonchev–Trinajstić information content (AvgIpc) is 3.97.